The van der Waals surface area contributed by atoms with Crippen LogP contribution in [-0.2, 0) is 9.47 Å². The number of benzene rings is 3. The van der Waals surface area contributed by atoms with Gasteiger partial charge in [-0.05, 0) is 93.5 Å². The molecule has 6 atom stereocenters. The summed E-state index contributed by atoms with van der Waals surface area (Å²) in [6.07, 6.45) is -11.0. The molecule has 4 aliphatic rings. The van der Waals surface area contributed by atoms with Gasteiger partial charge in [0.1, 0.15) is 24.2 Å². The molecule has 7 N–H and O–H groups in total. The molecule has 2 aliphatic carbocycles. The number of ether oxygens (including phenoxy) is 2. The Morgan fingerprint density at radius 2 is 0.781 bits per heavy atom. The Balaban J connectivity index is 0.000000564. The fourth-order valence-corrected chi connectivity index (χ4v) is 10.5. The van der Waals surface area contributed by atoms with E-state index >= 15 is 0 Å². The van der Waals surface area contributed by atoms with Crippen LogP contribution in [0.5, 0.6) is 0 Å². The topological polar surface area (TPSA) is 103 Å². The van der Waals surface area contributed by atoms with E-state index in [-0.39, 0.29) is 65.7 Å². The zero-order valence-corrected chi connectivity index (χ0v) is 58.5. The van der Waals surface area contributed by atoms with Gasteiger partial charge in [-0.2, -0.15) is 52.7 Å². The second-order valence-corrected chi connectivity index (χ2v) is 26.9. The average Bonchev–Trinajstić information content (AvgIpc) is 0.848. The van der Waals surface area contributed by atoms with Crippen LogP contribution in [0.25, 0.3) is 0 Å². The number of rotatable bonds is 18. The fourth-order valence-electron chi connectivity index (χ4n) is 10.5. The number of hydrogen-bond donors (Lipinski definition) is 7. The SMILES string of the molecule is CC(C)NC(C1CCOCC1)C(F)(F)F.CC(C)NC(c1ccc(F)c(F)c1)C(F)(F)F.CC(C)NC1CCC1(F)F.CC(C)NC1CCCCC1(F)F.CC(C)NC1CCOCC1.Cc1ccc(C(NC(C)C)C(F)(F)F)cc1.Cc1cccc(C(NC(C)C)C(F)(F)F)c1. The molecule has 4 fully saturated rings. The molecule has 2 saturated heterocycles. The molecule has 0 spiro atoms. The largest absolute Gasteiger partial charge is 0.407 e. The van der Waals surface area contributed by atoms with Gasteiger partial charge in [-0.25, -0.2) is 26.3 Å². The van der Waals surface area contributed by atoms with Crippen molar-refractivity contribution >= 4 is 0 Å². The van der Waals surface area contributed by atoms with Crippen molar-refractivity contribution in [3.05, 3.63) is 106 Å². The molecule has 7 rings (SSSR count). The Bertz CT molecular complexity index is 2530. The van der Waals surface area contributed by atoms with Crippen LogP contribution < -0.4 is 37.2 Å². The molecule has 0 aromatic heterocycles. The lowest BCUT2D eigenvalue weighted by molar-refractivity contribution is -0.175. The summed E-state index contributed by atoms with van der Waals surface area (Å²) in [4.78, 5) is 0. The van der Waals surface area contributed by atoms with Crippen LogP contribution >= 0.6 is 0 Å². The Morgan fingerprint density at radius 3 is 1.12 bits per heavy atom. The maximum absolute atomic E-state index is 13.2. The van der Waals surface area contributed by atoms with Gasteiger partial charge in [0.25, 0.3) is 11.8 Å². The predicted molar refractivity (Wildman–Crippen MR) is 345 cm³/mol. The summed E-state index contributed by atoms with van der Waals surface area (Å²) in [6, 6.07) is 7.96. The standard InChI is InChI=1S/2C12H16F3N.C11H12F5N.C10H18F3NO.C9H17F2N.C8H17NO.C7H13F2N/c1-8(2)16-11(12(13,14)15)10-6-4-9(3)5-7-10;1-8(2)16-11(12(13,14)15)10-6-4-5-9(3)7-10;1-6(2)17-10(11(14,15)16)7-3-4-8(12)9(13)5-7;1-7(2)14-9(10(11,12)13)8-3-5-15-6-4-8;1-7(2)12-8-5-3-4-6-9(8,10)11;1-7(2)9-8-3-5-10-6-4-8;1-5(2)10-6-3-4-7(6,8)9/h2*4-8,11,16H,1-3H3;3-6,10,17H,1-2H3;7-9,14H,3-6H2,1-2H3;7-8,12H,3-6H2,1-2H3;7-9H,3-6H2,1-2H3;5-6,10H,3-4H2,1-2H3. The maximum Gasteiger partial charge on any atom is 0.407 e. The summed E-state index contributed by atoms with van der Waals surface area (Å²) < 4.78 is 241. The van der Waals surface area contributed by atoms with Crippen LogP contribution in [0.2, 0.25) is 0 Å². The number of hydrogen-bond acceptors (Lipinski definition) is 9. The molecule has 2 saturated carbocycles. The third-order valence-electron chi connectivity index (χ3n) is 15.0. The first-order chi connectivity index (χ1) is 44.1. The van der Waals surface area contributed by atoms with Crippen molar-refractivity contribution in [3.8, 4) is 0 Å². The van der Waals surface area contributed by atoms with E-state index in [4.69, 9.17) is 9.47 Å². The summed E-state index contributed by atoms with van der Waals surface area (Å²) in [5.74, 6) is -7.73. The van der Waals surface area contributed by atoms with E-state index in [1.54, 1.807) is 92.6 Å². The first kappa shape index (κ1) is 90.1. The Hall–Kier alpha value is -3.96. The Kier molecular flexibility index (Phi) is 39.7. The molecule has 0 bridgehead atoms. The molecule has 27 heteroatoms. The fraction of sp³-hybridized carbons (Fsp3) is 0.739. The first-order valence-corrected chi connectivity index (χ1v) is 33.1. The molecule has 0 radical (unpaired) electrons. The van der Waals surface area contributed by atoms with Crippen LogP contribution in [0.4, 0.5) is 79.0 Å². The van der Waals surface area contributed by atoms with Crippen molar-refractivity contribution in [1.82, 2.24) is 37.2 Å². The van der Waals surface area contributed by atoms with Gasteiger partial charge in [-0.15, -0.1) is 0 Å². The number of aryl methyl sites for hydroxylation is 2. The third-order valence-corrected chi connectivity index (χ3v) is 15.0. The minimum absolute atomic E-state index is 0.0530. The average molecular weight is 1410 g/mol. The van der Waals surface area contributed by atoms with Gasteiger partial charge < -0.3 is 46.7 Å². The highest BCUT2D eigenvalue weighted by Gasteiger charge is 2.49. The molecular formula is C69H109F18N7O2. The van der Waals surface area contributed by atoms with Crippen LogP contribution in [0, 0.1) is 31.4 Å². The van der Waals surface area contributed by atoms with Crippen molar-refractivity contribution in [3.63, 3.8) is 0 Å². The van der Waals surface area contributed by atoms with Crippen molar-refractivity contribution in [2.45, 2.75) is 296 Å². The molecule has 6 unspecified atom stereocenters. The summed E-state index contributed by atoms with van der Waals surface area (Å²) in [5, 5.41) is 19.2. The van der Waals surface area contributed by atoms with Crippen molar-refractivity contribution in [2.24, 2.45) is 5.92 Å². The highest BCUT2D eigenvalue weighted by atomic mass is 19.4. The summed E-state index contributed by atoms with van der Waals surface area (Å²) in [5.41, 5.74) is 1.96. The van der Waals surface area contributed by atoms with E-state index in [2.05, 4.69) is 51.1 Å². The van der Waals surface area contributed by atoms with Crippen LogP contribution in [0.15, 0.2) is 66.7 Å². The molecule has 96 heavy (non-hydrogen) atoms. The van der Waals surface area contributed by atoms with Gasteiger partial charge in [0.15, 0.2) is 11.6 Å². The van der Waals surface area contributed by atoms with Crippen molar-refractivity contribution in [2.75, 3.05) is 26.4 Å². The smallest absolute Gasteiger partial charge is 0.381 e. The maximum atomic E-state index is 13.2. The zero-order chi connectivity index (χ0) is 73.7. The zero-order valence-electron chi connectivity index (χ0n) is 58.5. The van der Waals surface area contributed by atoms with E-state index in [9.17, 15) is 79.0 Å². The first-order valence-electron chi connectivity index (χ1n) is 33.1. The molecule has 0 amide bonds. The second-order valence-electron chi connectivity index (χ2n) is 26.9. The van der Waals surface area contributed by atoms with Gasteiger partial charge in [0.05, 0.1) is 12.1 Å². The Labute approximate surface area is 558 Å². The van der Waals surface area contributed by atoms with Crippen LogP contribution in [-0.4, -0.2) is 129 Å². The summed E-state index contributed by atoms with van der Waals surface area (Å²) in [7, 11) is 0. The second kappa shape index (κ2) is 42.3. The normalized spacial score (nSPS) is 19.8. The van der Waals surface area contributed by atoms with Crippen LogP contribution in [0.1, 0.15) is 207 Å². The molecule has 2 aliphatic heterocycles. The lowest BCUT2D eigenvalue weighted by Gasteiger charge is -2.38. The summed E-state index contributed by atoms with van der Waals surface area (Å²) in [6.45, 7) is 31.7. The summed E-state index contributed by atoms with van der Waals surface area (Å²) >= 11 is 0. The molecule has 3 aromatic rings. The minimum atomic E-state index is -4.56. The quantitative estimate of drug-likeness (QED) is 0.0628. The predicted octanol–water partition coefficient (Wildman–Crippen LogP) is 18.6. The highest BCUT2D eigenvalue weighted by molar-refractivity contribution is 5.27. The van der Waals surface area contributed by atoms with Crippen molar-refractivity contribution < 1.29 is 88.5 Å². The third kappa shape index (κ3) is 36.9. The lowest BCUT2D eigenvalue weighted by Crippen LogP contribution is -2.55. The lowest BCUT2D eigenvalue weighted by atomic mass is 9.87. The van der Waals surface area contributed by atoms with Gasteiger partial charge in [0, 0.05) is 87.6 Å². The van der Waals surface area contributed by atoms with E-state index < -0.39 is 90.5 Å². The number of nitrogens with one attached hydrogen (secondary N) is 7. The monoisotopic (exact) mass is 1410 g/mol. The van der Waals surface area contributed by atoms with Gasteiger partial charge in [0.2, 0.25) is 0 Å². The van der Waals surface area contributed by atoms with E-state index in [0.29, 0.717) is 69.5 Å². The number of alkyl halides is 16. The van der Waals surface area contributed by atoms with E-state index in [1.807, 2.05) is 34.6 Å². The molecular weight excluding hydrogens is 1300 g/mol. The molecule has 558 valence electrons. The highest BCUT2D eigenvalue weighted by Crippen LogP contribution is 2.39. The van der Waals surface area contributed by atoms with Crippen LogP contribution in [0.3, 0.4) is 0 Å². The number of halogens is 18. The van der Waals surface area contributed by atoms with Crippen molar-refractivity contribution in [1.29, 1.82) is 0 Å². The molecule has 3 aromatic carbocycles. The van der Waals surface area contributed by atoms with Gasteiger partial charge >= 0.3 is 24.7 Å². The molecule has 9 nitrogen and oxygen atoms in total. The van der Waals surface area contributed by atoms with Gasteiger partial charge in [-0.3, -0.25) is 0 Å². The minimum Gasteiger partial charge on any atom is -0.381 e. The van der Waals surface area contributed by atoms with E-state index in [1.165, 1.54) is 31.0 Å². The Morgan fingerprint density at radius 1 is 0.385 bits per heavy atom. The van der Waals surface area contributed by atoms with E-state index in [0.717, 1.165) is 36.8 Å². The molecule has 2 heterocycles. The van der Waals surface area contributed by atoms with Gasteiger partial charge in [-0.1, -0.05) is 169 Å².